The second kappa shape index (κ2) is 5.95. The molecular weight excluding hydrogens is 184 g/mol. The van der Waals surface area contributed by atoms with Crippen LogP contribution in [0.25, 0.3) is 0 Å². The number of aliphatic hydroxyl groups is 1. The fourth-order valence-electron chi connectivity index (χ4n) is 1.23. The zero-order valence-corrected chi connectivity index (χ0v) is 9.41. The smallest absolute Gasteiger partial charge is 0.264 e. The summed E-state index contributed by atoms with van der Waals surface area (Å²) < 4.78 is 5.07. The normalized spacial score (nSPS) is 13.8. The van der Waals surface area contributed by atoms with Gasteiger partial charge in [-0.15, -0.1) is 0 Å². The Hall–Kier alpha value is -0.650. The molecule has 1 unspecified atom stereocenters. The quantitative estimate of drug-likeness (QED) is 0.454. The molecule has 0 heterocycles. The van der Waals surface area contributed by atoms with Crippen molar-refractivity contribution in [1.29, 1.82) is 0 Å². The first-order valence-electron chi connectivity index (χ1n) is 4.72. The van der Waals surface area contributed by atoms with Crippen molar-refractivity contribution in [2.45, 2.75) is 19.4 Å². The molecule has 0 aliphatic carbocycles. The molecule has 2 N–H and O–H groups in total. The third kappa shape index (κ3) is 5.90. The highest BCUT2D eigenvalue weighted by molar-refractivity contribution is 5.74. The minimum absolute atomic E-state index is 0.0281. The number of methoxy groups -OCH3 is 1. The number of rotatable bonds is 6. The maximum atomic E-state index is 11.1. The van der Waals surface area contributed by atoms with Crippen LogP contribution in [0.3, 0.4) is 0 Å². The zero-order chi connectivity index (χ0) is 11.2. The molecule has 0 aliphatic rings. The summed E-state index contributed by atoms with van der Waals surface area (Å²) in [7, 11) is 5.19. The van der Waals surface area contributed by atoms with E-state index < -0.39 is 6.10 Å². The molecule has 14 heavy (non-hydrogen) atoms. The van der Waals surface area contributed by atoms with Crippen LogP contribution in [-0.4, -0.2) is 56.1 Å². The van der Waals surface area contributed by atoms with Gasteiger partial charge in [-0.3, -0.25) is 4.79 Å². The van der Waals surface area contributed by atoms with E-state index in [1.54, 1.807) is 6.92 Å². The molecule has 0 fully saturated rings. The van der Waals surface area contributed by atoms with Crippen LogP contribution in [0.2, 0.25) is 0 Å². The van der Waals surface area contributed by atoms with E-state index in [4.69, 9.17) is 4.74 Å². The van der Waals surface area contributed by atoms with Crippen LogP contribution in [0.1, 0.15) is 13.3 Å². The monoisotopic (exact) mass is 205 g/mol. The maximum absolute atomic E-state index is 11.1. The molecule has 0 rings (SSSR count). The van der Waals surface area contributed by atoms with Gasteiger partial charge in [0, 0.05) is 13.5 Å². The highest BCUT2D eigenvalue weighted by Crippen LogP contribution is 1.96. The Kier molecular flexibility index (Phi) is 5.68. The standard InChI is InChI=1S/C9H20N2O3/c1-5-9(13)10-11(2,3)6-8(12)7-14-4/h8,12H,5-7H2,1-4H3/p+1. The molecular formula is C9H21N2O3+. The molecule has 1 amide bonds. The summed E-state index contributed by atoms with van der Waals surface area (Å²) in [5.41, 5.74) is 2.78. The van der Waals surface area contributed by atoms with Crippen molar-refractivity contribution in [3.8, 4) is 0 Å². The van der Waals surface area contributed by atoms with Gasteiger partial charge in [0.15, 0.2) is 0 Å². The lowest BCUT2D eigenvalue weighted by Gasteiger charge is -2.30. The molecule has 0 saturated carbocycles. The van der Waals surface area contributed by atoms with Gasteiger partial charge in [-0.25, -0.2) is 10.0 Å². The third-order valence-electron chi connectivity index (χ3n) is 1.77. The highest BCUT2D eigenvalue weighted by atomic mass is 16.5. The number of aliphatic hydroxyl groups excluding tert-OH is 1. The van der Waals surface area contributed by atoms with Crippen molar-refractivity contribution in [2.75, 3.05) is 34.4 Å². The second-order valence-corrected chi connectivity index (χ2v) is 3.87. The largest absolute Gasteiger partial charge is 0.385 e. The van der Waals surface area contributed by atoms with Crippen LogP contribution >= 0.6 is 0 Å². The first kappa shape index (κ1) is 13.4. The number of hydrogen-bond acceptors (Lipinski definition) is 3. The van der Waals surface area contributed by atoms with Gasteiger partial charge < -0.3 is 9.84 Å². The average molecular weight is 205 g/mol. The predicted octanol–water partition coefficient (Wildman–Crippen LogP) is -0.489. The van der Waals surface area contributed by atoms with Crippen LogP contribution in [0.4, 0.5) is 0 Å². The fraction of sp³-hybridized carbons (Fsp3) is 0.889. The minimum Gasteiger partial charge on any atom is -0.385 e. The Morgan fingerprint density at radius 3 is 2.57 bits per heavy atom. The second-order valence-electron chi connectivity index (χ2n) is 3.87. The van der Waals surface area contributed by atoms with Gasteiger partial charge in [-0.05, 0) is 0 Å². The fourth-order valence-corrected chi connectivity index (χ4v) is 1.23. The van der Waals surface area contributed by atoms with Crippen LogP contribution in [0.15, 0.2) is 0 Å². The first-order chi connectivity index (χ1) is 6.41. The molecule has 0 aromatic heterocycles. The summed E-state index contributed by atoms with van der Waals surface area (Å²) in [6.45, 7) is 2.50. The number of nitrogens with one attached hydrogen (secondary N) is 1. The van der Waals surface area contributed by atoms with Crippen molar-refractivity contribution in [3.63, 3.8) is 0 Å². The van der Waals surface area contributed by atoms with E-state index >= 15 is 0 Å². The molecule has 0 aromatic carbocycles. The maximum Gasteiger partial charge on any atom is 0.264 e. The predicted molar refractivity (Wildman–Crippen MR) is 53.3 cm³/mol. The summed E-state index contributed by atoms with van der Waals surface area (Å²) >= 11 is 0. The van der Waals surface area contributed by atoms with Crippen molar-refractivity contribution in [1.82, 2.24) is 5.43 Å². The van der Waals surface area contributed by atoms with E-state index in [9.17, 15) is 9.90 Å². The molecule has 0 spiro atoms. The third-order valence-corrected chi connectivity index (χ3v) is 1.77. The van der Waals surface area contributed by atoms with E-state index in [2.05, 4.69) is 5.43 Å². The van der Waals surface area contributed by atoms with Gasteiger partial charge in [0.2, 0.25) is 0 Å². The van der Waals surface area contributed by atoms with Crippen molar-refractivity contribution in [3.05, 3.63) is 0 Å². The molecule has 0 aromatic rings. The number of carbonyl (C=O) groups excluding carboxylic acids is 1. The van der Waals surface area contributed by atoms with E-state index in [0.717, 1.165) is 0 Å². The lowest BCUT2D eigenvalue weighted by molar-refractivity contribution is -0.928. The Morgan fingerprint density at radius 2 is 2.14 bits per heavy atom. The number of hydrogen-bond donors (Lipinski definition) is 2. The number of carbonyl (C=O) groups is 1. The minimum atomic E-state index is -0.563. The van der Waals surface area contributed by atoms with Crippen LogP contribution < -0.4 is 5.43 Å². The van der Waals surface area contributed by atoms with Crippen molar-refractivity contribution >= 4 is 5.91 Å². The van der Waals surface area contributed by atoms with Gasteiger partial charge in [0.1, 0.15) is 12.6 Å². The Balaban J connectivity index is 3.99. The van der Waals surface area contributed by atoms with Gasteiger partial charge in [-0.1, -0.05) is 6.92 Å². The van der Waals surface area contributed by atoms with E-state index in [-0.39, 0.29) is 17.1 Å². The summed E-state index contributed by atoms with van der Waals surface area (Å²) in [6, 6.07) is 0. The number of amides is 1. The molecule has 0 bridgehead atoms. The van der Waals surface area contributed by atoms with Gasteiger partial charge in [0.05, 0.1) is 20.7 Å². The van der Waals surface area contributed by atoms with E-state index in [1.807, 2.05) is 14.1 Å². The molecule has 0 saturated heterocycles. The molecule has 0 aliphatic heterocycles. The van der Waals surface area contributed by atoms with Gasteiger partial charge >= 0.3 is 0 Å². The lowest BCUT2D eigenvalue weighted by atomic mass is 10.3. The van der Waals surface area contributed by atoms with Gasteiger partial charge in [0.25, 0.3) is 5.91 Å². The Bertz CT molecular complexity index is 183. The molecule has 5 nitrogen and oxygen atoms in total. The number of nitrogens with zero attached hydrogens (tertiary/aromatic N) is 1. The number of ether oxygens (including phenoxy) is 1. The molecule has 5 heteroatoms. The van der Waals surface area contributed by atoms with Crippen LogP contribution in [0.5, 0.6) is 0 Å². The average Bonchev–Trinajstić information content (AvgIpc) is 2.02. The first-order valence-corrected chi connectivity index (χ1v) is 4.72. The van der Waals surface area contributed by atoms with E-state index in [1.165, 1.54) is 7.11 Å². The zero-order valence-electron chi connectivity index (χ0n) is 9.41. The number of quaternary nitrogens is 1. The van der Waals surface area contributed by atoms with Crippen LogP contribution in [0, 0.1) is 0 Å². The van der Waals surface area contributed by atoms with Crippen molar-refractivity contribution < 1.29 is 19.2 Å². The summed E-state index contributed by atoms with van der Waals surface area (Å²) in [5.74, 6) is -0.0281. The SMILES string of the molecule is CCC(=O)N[N+](C)(C)CC(O)COC. The van der Waals surface area contributed by atoms with Crippen LogP contribution in [-0.2, 0) is 9.53 Å². The van der Waals surface area contributed by atoms with Crippen molar-refractivity contribution in [2.24, 2.45) is 0 Å². The number of likely N-dealkylation sites (N-methyl/N-ethyl adjacent to an activating group) is 1. The van der Waals surface area contributed by atoms with E-state index in [0.29, 0.717) is 13.0 Å². The Labute approximate surface area is 85.2 Å². The summed E-state index contributed by atoms with van der Waals surface area (Å²) in [5, 5.41) is 9.48. The molecule has 0 radical (unpaired) electrons. The Morgan fingerprint density at radius 1 is 1.57 bits per heavy atom. The summed E-state index contributed by atoms with van der Waals surface area (Å²) in [4.78, 5) is 11.1. The topological polar surface area (TPSA) is 58.6 Å². The lowest BCUT2D eigenvalue weighted by Crippen LogP contribution is -2.57. The molecule has 84 valence electrons. The van der Waals surface area contributed by atoms with Gasteiger partial charge in [-0.2, -0.15) is 0 Å². The molecule has 1 atom stereocenters. The highest BCUT2D eigenvalue weighted by Gasteiger charge is 2.22. The summed E-state index contributed by atoms with van der Waals surface area (Å²) in [6.07, 6.45) is -0.116.